The van der Waals surface area contributed by atoms with Crippen LogP contribution in [0.5, 0.6) is 0 Å². The van der Waals surface area contributed by atoms with E-state index in [9.17, 15) is 14.7 Å². The lowest BCUT2D eigenvalue weighted by atomic mass is 9.45. The first-order valence-corrected chi connectivity index (χ1v) is 9.76. The second-order valence-electron chi connectivity index (χ2n) is 9.50. The van der Waals surface area contributed by atoms with Crippen molar-refractivity contribution in [2.45, 2.75) is 71.6 Å². The molecule has 4 aliphatic carbocycles. The molecule has 0 aromatic heterocycles. The molecule has 4 heteroatoms. The molecule has 138 valence electrons. The molecule has 0 spiro atoms. The van der Waals surface area contributed by atoms with Crippen molar-refractivity contribution in [2.75, 3.05) is 0 Å². The SMILES string of the molecule is CC(=O)C1CCC2C3CC(F)C4=CC(=O)CCC4(C)C3C(O)CC12C. The normalized spacial score (nSPS) is 52.0. The molecule has 0 radical (unpaired) electrons. The highest BCUT2D eigenvalue weighted by Gasteiger charge is 2.64. The number of fused-ring (bicyclic) bond motifs is 5. The molecule has 1 N–H and O–H groups in total. The molecule has 0 aromatic carbocycles. The first-order valence-electron chi connectivity index (χ1n) is 9.76. The quantitative estimate of drug-likeness (QED) is 0.787. The number of aliphatic hydroxyl groups excluding tert-OH is 1. The van der Waals surface area contributed by atoms with E-state index in [2.05, 4.69) is 13.8 Å². The van der Waals surface area contributed by atoms with Crippen LogP contribution in [-0.4, -0.2) is 28.9 Å². The van der Waals surface area contributed by atoms with Gasteiger partial charge in [-0.1, -0.05) is 13.8 Å². The predicted molar refractivity (Wildman–Crippen MR) is 92.5 cm³/mol. The molecule has 4 aliphatic rings. The second-order valence-corrected chi connectivity index (χ2v) is 9.50. The van der Waals surface area contributed by atoms with E-state index in [4.69, 9.17) is 0 Å². The van der Waals surface area contributed by atoms with Crippen LogP contribution in [0.3, 0.4) is 0 Å². The third kappa shape index (κ3) is 2.25. The van der Waals surface area contributed by atoms with Gasteiger partial charge in [-0.25, -0.2) is 4.39 Å². The fourth-order valence-corrected chi connectivity index (χ4v) is 7.36. The Morgan fingerprint density at radius 2 is 2.04 bits per heavy atom. The van der Waals surface area contributed by atoms with Gasteiger partial charge in [-0.15, -0.1) is 0 Å². The number of Topliss-reactive ketones (excluding diaryl/α,β-unsaturated/α-hetero) is 1. The number of rotatable bonds is 1. The maximum atomic E-state index is 15.1. The lowest BCUT2D eigenvalue weighted by Crippen LogP contribution is -2.58. The van der Waals surface area contributed by atoms with Crippen molar-refractivity contribution >= 4 is 11.6 Å². The van der Waals surface area contributed by atoms with Gasteiger partial charge >= 0.3 is 0 Å². The van der Waals surface area contributed by atoms with E-state index in [0.29, 0.717) is 37.2 Å². The van der Waals surface area contributed by atoms with E-state index in [1.165, 1.54) is 6.08 Å². The topological polar surface area (TPSA) is 54.4 Å². The molecular weight excluding hydrogens is 319 g/mol. The predicted octanol–water partition coefficient (Wildman–Crippen LogP) is 3.64. The number of carbonyl (C=O) groups is 2. The molecule has 3 nitrogen and oxygen atoms in total. The third-order valence-electron chi connectivity index (χ3n) is 8.36. The molecule has 0 heterocycles. The van der Waals surface area contributed by atoms with E-state index in [1.54, 1.807) is 6.92 Å². The summed E-state index contributed by atoms with van der Waals surface area (Å²) in [7, 11) is 0. The lowest BCUT2D eigenvalue weighted by molar-refractivity contribution is -0.148. The minimum atomic E-state index is -1.10. The number of ketones is 2. The van der Waals surface area contributed by atoms with Crippen LogP contribution in [0.15, 0.2) is 11.6 Å². The van der Waals surface area contributed by atoms with Gasteiger partial charge in [-0.2, -0.15) is 0 Å². The maximum Gasteiger partial charge on any atom is 0.155 e. The van der Waals surface area contributed by atoms with Crippen LogP contribution in [0.1, 0.15) is 59.3 Å². The molecule has 8 atom stereocenters. The summed E-state index contributed by atoms with van der Waals surface area (Å²) in [5, 5.41) is 11.1. The summed E-state index contributed by atoms with van der Waals surface area (Å²) < 4.78 is 15.1. The summed E-state index contributed by atoms with van der Waals surface area (Å²) in [6.07, 6.45) is 3.81. The number of carbonyl (C=O) groups excluding carboxylic acids is 2. The van der Waals surface area contributed by atoms with Crippen molar-refractivity contribution in [3.05, 3.63) is 11.6 Å². The van der Waals surface area contributed by atoms with Gasteiger partial charge in [-0.05, 0) is 79.3 Å². The molecule has 4 rings (SSSR count). The first kappa shape index (κ1) is 17.4. The number of hydrogen-bond donors (Lipinski definition) is 1. The van der Waals surface area contributed by atoms with Gasteiger partial charge in [0.25, 0.3) is 0 Å². The van der Waals surface area contributed by atoms with Crippen LogP contribution < -0.4 is 0 Å². The van der Waals surface area contributed by atoms with Gasteiger partial charge < -0.3 is 5.11 Å². The standard InChI is InChI=1S/C21H29FO3/c1-11(23)14-4-5-15-13-9-17(22)16-8-12(24)6-7-20(16,2)19(13)18(25)10-21(14,15)3/h8,13-15,17-19,25H,4-7,9-10H2,1-3H3. The van der Waals surface area contributed by atoms with Crippen LogP contribution >= 0.6 is 0 Å². The molecule has 0 saturated heterocycles. The first-order chi connectivity index (χ1) is 11.7. The summed E-state index contributed by atoms with van der Waals surface area (Å²) in [5.41, 5.74) is -0.0202. The summed E-state index contributed by atoms with van der Waals surface area (Å²) in [6.45, 7) is 5.85. The molecular formula is C21H29FO3. The van der Waals surface area contributed by atoms with Crippen LogP contribution in [0.2, 0.25) is 0 Å². The summed E-state index contributed by atoms with van der Waals surface area (Å²) in [5.74, 6) is 0.610. The Kier molecular flexibility index (Phi) is 3.81. The largest absolute Gasteiger partial charge is 0.393 e. The maximum absolute atomic E-state index is 15.1. The summed E-state index contributed by atoms with van der Waals surface area (Å²) >= 11 is 0. The Morgan fingerprint density at radius 1 is 1.32 bits per heavy atom. The summed E-state index contributed by atoms with van der Waals surface area (Å²) in [4.78, 5) is 24.0. The zero-order valence-electron chi connectivity index (χ0n) is 15.4. The van der Waals surface area contributed by atoms with E-state index in [1.807, 2.05) is 0 Å². The number of allylic oxidation sites excluding steroid dienone is 1. The van der Waals surface area contributed by atoms with Gasteiger partial charge in [0.1, 0.15) is 12.0 Å². The van der Waals surface area contributed by atoms with Crippen molar-refractivity contribution in [1.82, 2.24) is 0 Å². The number of aliphatic hydroxyl groups is 1. The molecule has 3 saturated carbocycles. The van der Waals surface area contributed by atoms with Crippen LogP contribution in [0.25, 0.3) is 0 Å². The van der Waals surface area contributed by atoms with Gasteiger partial charge in [0.15, 0.2) is 5.78 Å². The van der Waals surface area contributed by atoms with Gasteiger partial charge in [0.2, 0.25) is 0 Å². The van der Waals surface area contributed by atoms with Gasteiger partial charge in [0, 0.05) is 12.3 Å². The molecule has 0 aromatic rings. The highest BCUT2D eigenvalue weighted by molar-refractivity contribution is 5.92. The van der Waals surface area contributed by atoms with E-state index < -0.39 is 17.7 Å². The van der Waals surface area contributed by atoms with Gasteiger partial charge in [-0.3, -0.25) is 9.59 Å². The Hall–Kier alpha value is -1.03. The van der Waals surface area contributed by atoms with Crippen molar-refractivity contribution in [1.29, 1.82) is 0 Å². The molecule has 0 amide bonds. The number of hydrogen-bond acceptors (Lipinski definition) is 3. The Balaban J connectivity index is 1.76. The molecule has 8 unspecified atom stereocenters. The third-order valence-corrected chi connectivity index (χ3v) is 8.36. The van der Waals surface area contributed by atoms with E-state index >= 15 is 4.39 Å². The van der Waals surface area contributed by atoms with Crippen molar-refractivity contribution in [3.8, 4) is 0 Å². The van der Waals surface area contributed by atoms with Crippen LogP contribution in [0.4, 0.5) is 4.39 Å². The average molecular weight is 348 g/mol. The number of halogens is 1. The summed E-state index contributed by atoms with van der Waals surface area (Å²) in [6, 6.07) is 0. The van der Waals surface area contributed by atoms with E-state index in [0.717, 1.165) is 12.8 Å². The highest BCUT2D eigenvalue weighted by Crippen LogP contribution is 2.66. The Morgan fingerprint density at radius 3 is 2.72 bits per heavy atom. The van der Waals surface area contributed by atoms with Crippen LogP contribution in [0, 0.1) is 34.5 Å². The van der Waals surface area contributed by atoms with Crippen molar-refractivity contribution in [3.63, 3.8) is 0 Å². The fourth-order valence-electron chi connectivity index (χ4n) is 7.36. The Bertz CT molecular complexity index is 656. The molecule has 0 bridgehead atoms. The smallest absolute Gasteiger partial charge is 0.155 e. The van der Waals surface area contributed by atoms with Crippen molar-refractivity contribution < 1.29 is 19.1 Å². The monoisotopic (exact) mass is 348 g/mol. The second kappa shape index (κ2) is 5.48. The van der Waals surface area contributed by atoms with Gasteiger partial charge in [0.05, 0.1) is 6.10 Å². The fraction of sp³-hybridized carbons (Fsp3) is 0.810. The van der Waals surface area contributed by atoms with Crippen molar-refractivity contribution in [2.24, 2.45) is 34.5 Å². The van der Waals surface area contributed by atoms with Crippen LogP contribution in [-0.2, 0) is 9.59 Å². The molecule has 25 heavy (non-hydrogen) atoms. The minimum absolute atomic E-state index is 0.00244. The average Bonchev–Trinajstić information content (AvgIpc) is 2.85. The lowest BCUT2D eigenvalue weighted by Gasteiger charge is -2.60. The molecule has 0 aliphatic heterocycles. The zero-order chi connectivity index (χ0) is 18.1. The molecule has 3 fully saturated rings. The van der Waals surface area contributed by atoms with E-state index in [-0.39, 0.29) is 34.7 Å². The zero-order valence-corrected chi connectivity index (χ0v) is 15.4. The minimum Gasteiger partial charge on any atom is -0.393 e. The Labute approximate surface area is 149 Å². The highest BCUT2D eigenvalue weighted by atomic mass is 19.1. The number of alkyl halides is 1.